The van der Waals surface area contributed by atoms with Crippen molar-refractivity contribution in [2.45, 2.75) is 13.8 Å². The van der Waals surface area contributed by atoms with Crippen LogP contribution in [0.25, 0.3) is 0 Å². The zero-order valence-electron chi connectivity index (χ0n) is 16.7. The Morgan fingerprint density at radius 3 is 2.69 bits per heavy atom. The third-order valence-corrected chi connectivity index (χ3v) is 5.25. The molecule has 1 fully saturated rings. The van der Waals surface area contributed by atoms with Crippen molar-refractivity contribution in [3.63, 3.8) is 0 Å². The molecule has 0 unspecified atom stereocenters. The maximum absolute atomic E-state index is 11.6. The summed E-state index contributed by atoms with van der Waals surface area (Å²) in [7, 11) is 1.34. The number of nitrogens with zero attached hydrogens (tertiary/aromatic N) is 5. The van der Waals surface area contributed by atoms with Crippen molar-refractivity contribution in [2.24, 2.45) is 0 Å². The largest absolute Gasteiger partial charge is 0.465 e. The number of piperazine rings is 1. The van der Waals surface area contributed by atoms with Crippen molar-refractivity contribution in [3.8, 4) is 0 Å². The van der Waals surface area contributed by atoms with Crippen molar-refractivity contribution in [3.05, 3.63) is 23.0 Å². The lowest BCUT2D eigenvalue weighted by Crippen LogP contribution is -2.47. The lowest BCUT2D eigenvalue weighted by atomic mass is 10.3. The molecule has 1 aliphatic heterocycles. The van der Waals surface area contributed by atoms with E-state index in [1.807, 2.05) is 13.0 Å². The predicted octanol–water partition coefficient (Wildman–Crippen LogP) is 1.46. The van der Waals surface area contributed by atoms with E-state index in [0.717, 1.165) is 38.5 Å². The molecule has 1 saturated heterocycles. The first-order chi connectivity index (χ1) is 13.9. The Morgan fingerprint density at radius 2 is 2.00 bits per heavy atom. The SMILES string of the molecule is COC(=O)c1cnc(Nc2cc(N3CCN(CCOC(C)=O)CC3)nc(C)n2)s1. The van der Waals surface area contributed by atoms with Gasteiger partial charge in [0.15, 0.2) is 5.13 Å². The Bertz CT molecular complexity index is 866. The number of hydrogen-bond donors (Lipinski definition) is 1. The standard InChI is InChI=1S/C18H24N6O4S/c1-12-20-15(22-18-19-11-14(29-18)17(26)27-3)10-16(21-12)24-6-4-23(5-7-24)8-9-28-13(2)25/h10-11H,4-9H2,1-3H3,(H,19,20,21,22). The zero-order chi connectivity index (χ0) is 20.8. The minimum atomic E-state index is -0.415. The Morgan fingerprint density at radius 1 is 1.24 bits per heavy atom. The van der Waals surface area contributed by atoms with Crippen molar-refractivity contribution in [1.29, 1.82) is 0 Å². The molecule has 0 radical (unpaired) electrons. The van der Waals surface area contributed by atoms with E-state index in [4.69, 9.17) is 9.47 Å². The van der Waals surface area contributed by atoms with E-state index in [2.05, 4.69) is 30.1 Å². The van der Waals surface area contributed by atoms with Crippen LogP contribution in [0, 0.1) is 6.92 Å². The summed E-state index contributed by atoms with van der Waals surface area (Å²) in [4.78, 5) is 40.5. The minimum absolute atomic E-state index is 0.251. The highest BCUT2D eigenvalue weighted by molar-refractivity contribution is 7.17. The van der Waals surface area contributed by atoms with Gasteiger partial charge in [-0.3, -0.25) is 9.69 Å². The fraction of sp³-hybridized carbons (Fsp3) is 0.500. The molecule has 156 valence electrons. The number of rotatable bonds is 7. The van der Waals surface area contributed by atoms with Gasteiger partial charge in [0, 0.05) is 45.7 Å². The number of esters is 2. The van der Waals surface area contributed by atoms with E-state index >= 15 is 0 Å². The molecular formula is C18H24N6O4S. The normalized spacial score (nSPS) is 14.5. The topological polar surface area (TPSA) is 110 Å². The molecule has 10 nitrogen and oxygen atoms in total. The third kappa shape index (κ3) is 5.84. The fourth-order valence-electron chi connectivity index (χ4n) is 2.93. The number of methoxy groups -OCH3 is 1. The van der Waals surface area contributed by atoms with Gasteiger partial charge in [0.25, 0.3) is 0 Å². The van der Waals surface area contributed by atoms with Gasteiger partial charge in [-0.05, 0) is 6.92 Å². The second-order valence-electron chi connectivity index (χ2n) is 6.47. The molecule has 0 spiro atoms. The van der Waals surface area contributed by atoms with E-state index in [1.165, 1.54) is 31.6 Å². The van der Waals surface area contributed by atoms with Crippen molar-refractivity contribution in [2.75, 3.05) is 56.7 Å². The number of hydrogen-bond acceptors (Lipinski definition) is 11. The molecule has 2 aromatic heterocycles. The lowest BCUT2D eigenvalue weighted by Gasteiger charge is -2.35. The zero-order valence-corrected chi connectivity index (χ0v) is 17.5. The summed E-state index contributed by atoms with van der Waals surface area (Å²) in [5.41, 5.74) is 0. The smallest absolute Gasteiger partial charge is 0.349 e. The average molecular weight is 420 g/mol. The van der Waals surface area contributed by atoms with Crippen LogP contribution in [0.2, 0.25) is 0 Å². The number of carbonyl (C=O) groups excluding carboxylic acids is 2. The summed E-state index contributed by atoms with van der Waals surface area (Å²) >= 11 is 1.20. The van der Waals surface area contributed by atoms with Gasteiger partial charge in [-0.25, -0.2) is 19.7 Å². The Kier molecular flexibility index (Phi) is 6.94. The van der Waals surface area contributed by atoms with Gasteiger partial charge >= 0.3 is 11.9 Å². The van der Waals surface area contributed by atoms with Crippen LogP contribution in [0.4, 0.5) is 16.8 Å². The summed E-state index contributed by atoms with van der Waals surface area (Å²) in [5.74, 6) is 1.44. The minimum Gasteiger partial charge on any atom is -0.465 e. The quantitative estimate of drug-likeness (QED) is 0.661. The molecule has 3 heterocycles. The molecule has 1 N–H and O–H groups in total. The fourth-order valence-corrected chi connectivity index (χ4v) is 3.67. The van der Waals surface area contributed by atoms with Gasteiger partial charge in [-0.15, -0.1) is 0 Å². The first kappa shape index (κ1) is 20.9. The molecular weight excluding hydrogens is 396 g/mol. The lowest BCUT2D eigenvalue weighted by molar-refractivity contribution is -0.141. The molecule has 1 aliphatic rings. The van der Waals surface area contributed by atoms with Gasteiger partial charge < -0.3 is 19.7 Å². The second-order valence-corrected chi connectivity index (χ2v) is 7.50. The van der Waals surface area contributed by atoms with Crippen molar-refractivity contribution >= 4 is 40.0 Å². The molecule has 2 aromatic rings. The Labute approximate surface area is 172 Å². The summed E-state index contributed by atoms with van der Waals surface area (Å²) in [6.45, 7) is 7.77. The number of nitrogens with one attached hydrogen (secondary N) is 1. The Balaban J connectivity index is 1.60. The first-order valence-electron chi connectivity index (χ1n) is 9.22. The summed E-state index contributed by atoms with van der Waals surface area (Å²) in [5, 5.41) is 3.69. The van der Waals surface area contributed by atoms with Crippen LogP contribution in [0.15, 0.2) is 12.3 Å². The van der Waals surface area contributed by atoms with Gasteiger partial charge in [-0.1, -0.05) is 11.3 Å². The second kappa shape index (κ2) is 9.61. The van der Waals surface area contributed by atoms with E-state index in [-0.39, 0.29) is 5.97 Å². The maximum atomic E-state index is 11.6. The van der Waals surface area contributed by atoms with E-state index in [9.17, 15) is 9.59 Å². The van der Waals surface area contributed by atoms with E-state index < -0.39 is 5.97 Å². The van der Waals surface area contributed by atoms with Gasteiger partial charge in [0.1, 0.15) is 28.9 Å². The van der Waals surface area contributed by atoms with Crippen LogP contribution in [0.1, 0.15) is 22.4 Å². The van der Waals surface area contributed by atoms with E-state index in [0.29, 0.717) is 28.3 Å². The number of aromatic nitrogens is 3. The van der Waals surface area contributed by atoms with Crippen molar-refractivity contribution in [1.82, 2.24) is 19.9 Å². The van der Waals surface area contributed by atoms with Crippen LogP contribution in [-0.2, 0) is 14.3 Å². The molecule has 0 bridgehead atoms. The summed E-state index contributed by atoms with van der Waals surface area (Å²) < 4.78 is 9.72. The summed E-state index contributed by atoms with van der Waals surface area (Å²) in [6, 6.07) is 1.88. The highest BCUT2D eigenvalue weighted by atomic mass is 32.1. The van der Waals surface area contributed by atoms with E-state index in [1.54, 1.807) is 0 Å². The number of anilines is 3. The maximum Gasteiger partial charge on any atom is 0.349 e. The number of aryl methyl sites for hydroxylation is 1. The van der Waals surface area contributed by atoms with Gasteiger partial charge in [0.05, 0.1) is 13.3 Å². The monoisotopic (exact) mass is 420 g/mol. The molecule has 29 heavy (non-hydrogen) atoms. The van der Waals surface area contributed by atoms with Crippen LogP contribution in [-0.4, -0.2) is 78.2 Å². The van der Waals surface area contributed by atoms with Crippen LogP contribution in [0.5, 0.6) is 0 Å². The van der Waals surface area contributed by atoms with Crippen LogP contribution < -0.4 is 10.2 Å². The molecule has 3 rings (SSSR count). The molecule has 11 heteroatoms. The predicted molar refractivity (Wildman–Crippen MR) is 109 cm³/mol. The molecule has 0 saturated carbocycles. The summed E-state index contributed by atoms with van der Waals surface area (Å²) in [6.07, 6.45) is 1.48. The molecule has 0 atom stereocenters. The highest BCUT2D eigenvalue weighted by Gasteiger charge is 2.19. The molecule has 0 aromatic carbocycles. The van der Waals surface area contributed by atoms with Gasteiger partial charge in [-0.2, -0.15) is 0 Å². The number of ether oxygens (including phenoxy) is 2. The first-order valence-corrected chi connectivity index (χ1v) is 10.0. The Hall–Kier alpha value is -2.79. The number of thiazole rings is 1. The van der Waals surface area contributed by atoms with Crippen LogP contribution in [0.3, 0.4) is 0 Å². The number of carbonyl (C=O) groups is 2. The highest BCUT2D eigenvalue weighted by Crippen LogP contribution is 2.24. The molecule has 0 aliphatic carbocycles. The van der Waals surface area contributed by atoms with Crippen LogP contribution >= 0.6 is 11.3 Å². The van der Waals surface area contributed by atoms with Crippen molar-refractivity contribution < 1.29 is 19.1 Å². The van der Waals surface area contributed by atoms with Gasteiger partial charge in [0.2, 0.25) is 0 Å². The third-order valence-electron chi connectivity index (χ3n) is 4.36. The molecule has 0 amide bonds. The average Bonchev–Trinajstić information content (AvgIpc) is 3.15.